The van der Waals surface area contributed by atoms with Crippen molar-refractivity contribution in [1.82, 2.24) is 5.32 Å². The van der Waals surface area contributed by atoms with Gasteiger partial charge in [-0.15, -0.1) is 0 Å². The van der Waals surface area contributed by atoms with Gasteiger partial charge in [0, 0.05) is 11.6 Å². The number of nitrogens with zero attached hydrogens (tertiary/aromatic N) is 1. The Hall–Kier alpha value is -2.25. The summed E-state index contributed by atoms with van der Waals surface area (Å²) in [5.41, 5.74) is 1.55. The van der Waals surface area contributed by atoms with Gasteiger partial charge in [0.15, 0.2) is 6.61 Å². The van der Waals surface area contributed by atoms with Crippen molar-refractivity contribution in [3.8, 4) is 5.75 Å². The van der Waals surface area contributed by atoms with Crippen molar-refractivity contribution >= 4 is 33.2 Å². The molecule has 0 bridgehead atoms. The molecule has 0 atom stereocenters. The van der Waals surface area contributed by atoms with Crippen LogP contribution in [0.3, 0.4) is 0 Å². The van der Waals surface area contributed by atoms with Gasteiger partial charge in [-0.2, -0.15) is 0 Å². The lowest BCUT2D eigenvalue weighted by atomic mass is 10.2. The highest BCUT2D eigenvalue weighted by Crippen LogP contribution is 2.21. The third-order valence-corrected chi connectivity index (χ3v) is 4.95. The second kappa shape index (κ2) is 8.91. The van der Waals surface area contributed by atoms with E-state index in [1.807, 2.05) is 19.1 Å². The summed E-state index contributed by atoms with van der Waals surface area (Å²) >= 11 is 5.92. The molecule has 0 aliphatic rings. The second-order valence-corrected chi connectivity index (χ2v) is 8.11. The lowest BCUT2D eigenvalue weighted by Crippen LogP contribution is -2.39. The maximum absolute atomic E-state index is 12.0. The molecule has 1 N–H and O–H groups in total. The number of anilines is 1. The van der Waals surface area contributed by atoms with E-state index in [0.717, 1.165) is 11.8 Å². The molecule has 0 aliphatic heterocycles. The van der Waals surface area contributed by atoms with E-state index in [0.29, 0.717) is 16.5 Å². The molecule has 2 aromatic rings. The quantitative estimate of drug-likeness (QED) is 0.744. The van der Waals surface area contributed by atoms with Crippen LogP contribution in [0.2, 0.25) is 5.02 Å². The van der Waals surface area contributed by atoms with Crippen LogP contribution in [0.4, 0.5) is 5.69 Å². The monoisotopic (exact) mass is 396 g/mol. The number of aryl methyl sites for hydroxylation is 1. The zero-order valence-corrected chi connectivity index (χ0v) is 16.2. The Morgan fingerprint density at radius 2 is 1.88 bits per heavy atom. The molecule has 0 heterocycles. The maximum Gasteiger partial charge on any atom is 0.258 e. The number of halogens is 1. The lowest BCUT2D eigenvalue weighted by Gasteiger charge is -2.22. The van der Waals surface area contributed by atoms with E-state index in [4.69, 9.17) is 16.3 Å². The minimum Gasteiger partial charge on any atom is -0.484 e. The predicted octanol–water partition coefficient (Wildman–Crippen LogP) is 2.61. The molecule has 0 saturated heterocycles. The number of hydrogen-bond acceptors (Lipinski definition) is 4. The van der Waals surface area contributed by atoms with E-state index in [9.17, 15) is 13.2 Å². The number of ether oxygens (including phenoxy) is 1. The number of hydrogen-bond donors (Lipinski definition) is 1. The van der Waals surface area contributed by atoms with Gasteiger partial charge in [-0.05, 0) is 37.3 Å². The summed E-state index contributed by atoms with van der Waals surface area (Å²) in [5, 5.41) is 3.08. The number of amides is 1. The van der Waals surface area contributed by atoms with Crippen molar-refractivity contribution < 1.29 is 17.9 Å². The van der Waals surface area contributed by atoms with Gasteiger partial charge in [0.25, 0.3) is 5.91 Å². The van der Waals surface area contributed by atoms with E-state index in [2.05, 4.69) is 5.32 Å². The number of carbonyl (C=O) groups excluding carboxylic acids is 1. The molecule has 26 heavy (non-hydrogen) atoms. The smallest absolute Gasteiger partial charge is 0.258 e. The van der Waals surface area contributed by atoms with Gasteiger partial charge in [0.2, 0.25) is 10.0 Å². The average Bonchev–Trinajstić information content (AvgIpc) is 2.57. The molecule has 2 rings (SSSR count). The Morgan fingerprint density at radius 1 is 1.19 bits per heavy atom. The van der Waals surface area contributed by atoms with Gasteiger partial charge in [-0.1, -0.05) is 35.4 Å². The fourth-order valence-electron chi connectivity index (χ4n) is 2.25. The SMILES string of the molecule is Cc1ccc(OCC(=O)NCCN(c2cccc(Cl)c2)S(C)(=O)=O)cc1. The van der Waals surface area contributed by atoms with Gasteiger partial charge in [-0.3, -0.25) is 9.10 Å². The molecule has 6 nitrogen and oxygen atoms in total. The first kappa shape index (κ1) is 20.1. The van der Waals surface area contributed by atoms with Gasteiger partial charge < -0.3 is 10.1 Å². The van der Waals surface area contributed by atoms with E-state index >= 15 is 0 Å². The first-order valence-corrected chi connectivity index (χ1v) is 10.2. The van der Waals surface area contributed by atoms with Crippen molar-refractivity contribution in [3.05, 3.63) is 59.1 Å². The zero-order valence-electron chi connectivity index (χ0n) is 14.6. The van der Waals surface area contributed by atoms with Crippen molar-refractivity contribution in [2.75, 3.05) is 30.3 Å². The number of nitrogens with one attached hydrogen (secondary N) is 1. The summed E-state index contributed by atoms with van der Waals surface area (Å²) in [6.45, 7) is 2.06. The van der Waals surface area contributed by atoms with Crippen molar-refractivity contribution in [1.29, 1.82) is 0 Å². The number of benzene rings is 2. The Balaban J connectivity index is 1.87. The molecule has 0 unspecified atom stereocenters. The molecule has 0 aromatic heterocycles. The molecular formula is C18H21ClN2O4S. The summed E-state index contributed by atoms with van der Waals surface area (Å²) in [6.07, 6.45) is 1.11. The standard InChI is InChI=1S/C18H21ClN2O4S/c1-14-6-8-17(9-7-14)25-13-18(22)20-10-11-21(26(2,23)24)16-5-3-4-15(19)12-16/h3-9,12H,10-11,13H2,1-2H3,(H,20,22). The molecule has 0 saturated carbocycles. The van der Waals surface area contributed by atoms with Crippen LogP contribution in [0.15, 0.2) is 48.5 Å². The van der Waals surface area contributed by atoms with Crippen molar-refractivity contribution in [2.45, 2.75) is 6.92 Å². The first-order chi connectivity index (χ1) is 12.3. The Labute approximate surface area is 158 Å². The first-order valence-electron chi connectivity index (χ1n) is 7.95. The van der Waals surface area contributed by atoms with E-state index < -0.39 is 10.0 Å². The zero-order chi connectivity index (χ0) is 19.2. The fraction of sp³-hybridized carbons (Fsp3) is 0.278. The number of sulfonamides is 1. The lowest BCUT2D eigenvalue weighted by molar-refractivity contribution is -0.123. The summed E-state index contributed by atoms with van der Waals surface area (Å²) in [6, 6.07) is 13.9. The van der Waals surface area contributed by atoms with Gasteiger partial charge >= 0.3 is 0 Å². The third kappa shape index (κ3) is 6.24. The molecule has 0 spiro atoms. The highest BCUT2D eigenvalue weighted by Gasteiger charge is 2.17. The molecule has 0 radical (unpaired) electrons. The Bertz CT molecular complexity index is 854. The fourth-order valence-corrected chi connectivity index (χ4v) is 3.35. The minimum atomic E-state index is -3.50. The van der Waals surface area contributed by atoms with Crippen molar-refractivity contribution in [3.63, 3.8) is 0 Å². The summed E-state index contributed by atoms with van der Waals surface area (Å²) in [4.78, 5) is 11.9. The van der Waals surface area contributed by atoms with Crippen LogP contribution in [-0.4, -0.2) is 40.3 Å². The molecule has 0 fully saturated rings. The van der Waals surface area contributed by atoms with Crippen LogP contribution in [0.5, 0.6) is 5.75 Å². The van der Waals surface area contributed by atoms with E-state index in [1.54, 1.807) is 36.4 Å². The van der Waals surface area contributed by atoms with Crippen LogP contribution in [-0.2, 0) is 14.8 Å². The van der Waals surface area contributed by atoms with Crippen LogP contribution in [0.25, 0.3) is 0 Å². The van der Waals surface area contributed by atoms with E-state index in [1.165, 1.54) is 4.31 Å². The maximum atomic E-state index is 12.0. The molecule has 8 heteroatoms. The normalized spacial score (nSPS) is 11.0. The highest BCUT2D eigenvalue weighted by molar-refractivity contribution is 7.92. The topological polar surface area (TPSA) is 75.7 Å². The molecule has 0 aliphatic carbocycles. The molecule has 2 aromatic carbocycles. The summed E-state index contributed by atoms with van der Waals surface area (Å²) in [7, 11) is -3.50. The molecule has 140 valence electrons. The Morgan fingerprint density at radius 3 is 2.50 bits per heavy atom. The van der Waals surface area contributed by atoms with Crippen LogP contribution in [0.1, 0.15) is 5.56 Å². The largest absolute Gasteiger partial charge is 0.484 e. The Kier molecular flexibility index (Phi) is 6.88. The third-order valence-electron chi connectivity index (χ3n) is 3.52. The number of rotatable bonds is 8. The highest BCUT2D eigenvalue weighted by atomic mass is 35.5. The second-order valence-electron chi connectivity index (χ2n) is 5.77. The van der Waals surface area contributed by atoms with Crippen LogP contribution < -0.4 is 14.4 Å². The summed E-state index contributed by atoms with van der Waals surface area (Å²) < 4.78 is 30.6. The molecule has 1 amide bonds. The van der Waals surface area contributed by atoms with Crippen LogP contribution >= 0.6 is 11.6 Å². The van der Waals surface area contributed by atoms with Crippen LogP contribution in [0, 0.1) is 6.92 Å². The minimum absolute atomic E-state index is 0.0927. The number of carbonyl (C=O) groups is 1. The average molecular weight is 397 g/mol. The van der Waals surface area contributed by atoms with Gasteiger partial charge in [0.1, 0.15) is 5.75 Å². The molecular weight excluding hydrogens is 376 g/mol. The van der Waals surface area contributed by atoms with Gasteiger partial charge in [-0.25, -0.2) is 8.42 Å². The van der Waals surface area contributed by atoms with Gasteiger partial charge in [0.05, 0.1) is 18.5 Å². The van der Waals surface area contributed by atoms with Crippen molar-refractivity contribution in [2.24, 2.45) is 0 Å². The summed E-state index contributed by atoms with van der Waals surface area (Å²) in [5.74, 6) is 0.271. The predicted molar refractivity (Wildman–Crippen MR) is 103 cm³/mol. The van der Waals surface area contributed by atoms with E-state index in [-0.39, 0.29) is 25.6 Å².